The molecule has 2 aromatic carbocycles. The second kappa shape index (κ2) is 6.34. The van der Waals surface area contributed by atoms with Gasteiger partial charge in [0.1, 0.15) is 12.4 Å². The van der Waals surface area contributed by atoms with Crippen molar-refractivity contribution in [3.8, 4) is 5.75 Å². The quantitative estimate of drug-likeness (QED) is 0.714. The molecule has 21 heavy (non-hydrogen) atoms. The monoisotopic (exact) mass is 280 g/mol. The van der Waals surface area contributed by atoms with E-state index in [0.29, 0.717) is 12.5 Å². The molecule has 0 bridgehead atoms. The topological polar surface area (TPSA) is 9.23 Å². The molecule has 1 heterocycles. The molecule has 110 valence electrons. The molecule has 1 heteroatoms. The Morgan fingerprint density at radius 3 is 2.52 bits per heavy atom. The van der Waals surface area contributed by atoms with Gasteiger partial charge in [-0.1, -0.05) is 69.2 Å². The van der Waals surface area contributed by atoms with E-state index in [4.69, 9.17) is 4.74 Å². The summed E-state index contributed by atoms with van der Waals surface area (Å²) in [7, 11) is 0. The summed E-state index contributed by atoms with van der Waals surface area (Å²) in [4.78, 5) is 0. The van der Waals surface area contributed by atoms with Gasteiger partial charge in [0, 0.05) is 11.5 Å². The molecule has 2 aromatic rings. The minimum atomic E-state index is 0.471. The Morgan fingerprint density at radius 2 is 1.71 bits per heavy atom. The molecule has 0 fully saturated rings. The number of hydrogen-bond acceptors (Lipinski definition) is 1. The average Bonchev–Trinajstić information content (AvgIpc) is 2.65. The predicted molar refractivity (Wildman–Crippen MR) is 87.7 cm³/mol. The standard InChI is InChI=1S/C20H24O/c1-15(2)8-7-12-18-17-10-4-3-9-16(17)14-21-20-13-6-5-11-19(18)20/h3-6,9-11,13,15,18H,7-8,12,14H2,1-2H3. The van der Waals surface area contributed by atoms with E-state index in [1.807, 2.05) is 0 Å². The highest BCUT2D eigenvalue weighted by Gasteiger charge is 2.23. The van der Waals surface area contributed by atoms with Crippen LogP contribution in [0.5, 0.6) is 5.75 Å². The van der Waals surface area contributed by atoms with Gasteiger partial charge in [0.2, 0.25) is 0 Å². The van der Waals surface area contributed by atoms with Crippen molar-refractivity contribution in [3.05, 3.63) is 65.2 Å². The molecule has 0 radical (unpaired) electrons. The largest absolute Gasteiger partial charge is 0.489 e. The van der Waals surface area contributed by atoms with Crippen LogP contribution in [0.1, 0.15) is 55.7 Å². The van der Waals surface area contributed by atoms with Crippen LogP contribution in [0.4, 0.5) is 0 Å². The first-order valence-corrected chi connectivity index (χ1v) is 8.05. The molecule has 1 atom stereocenters. The zero-order valence-electron chi connectivity index (χ0n) is 13.0. The molecule has 3 rings (SSSR count). The zero-order valence-corrected chi connectivity index (χ0v) is 13.0. The molecule has 0 spiro atoms. The molecule has 0 aliphatic carbocycles. The number of rotatable bonds is 4. The first-order valence-electron chi connectivity index (χ1n) is 8.05. The van der Waals surface area contributed by atoms with Gasteiger partial charge >= 0.3 is 0 Å². The van der Waals surface area contributed by atoms with E-state index in [9.17, 15) is 0 Å². The smallest absolute Gasteiger partial charge is 0.123 e. The summed E-state index contributed by atoms with van der Waals surface area (Å²) in [6.45, 7) is 5.30. The number of ether oxygens (including phenoxy) is 1. The third-order valence-electron chi connectivity index (χ3n) is 4.38. The van der Waals surface area contributed by atoms with Gasteiger partial charge in [0.25, 0.3) is 0 Å². The summed E-state index contributed by atoms with van der Waals surface area (Å²) in [6.07, 6.45) is 3.77. The fourth-order valence-electron chi connectivity index (χ4n) is 3.27. The van der Waals surface area contributed by atoms with Crippen molar-refractivity contribution in [1.82, 2.24) is 0 Å². The lowest BCUT2D eigenvalue weighted by atomic mass is 9.84. The van der Waals surface area contributed by atoms with Crippen molar-refractivity contribution >= 4 is 0 Å². The van der Waals surface area contributed by atoms with Crippen molar-refractivity contribution in [2.75, 3.05) is 0 Å². The van der Waals surface area contributed by atoms with Gasteiger partial charge in [0.15, 0.2) is 0 Å². The molecule has 0 saturated heterocycles. The summed E-state index contributed by atoms with van der Waals surface area (Å²) in [5.74, 6) is 2.31. The van der Waals surface area contributed by atoms with E-state index in [1.165, 1.54) is 36.0 Å². The van der Waals surface area contributed by atoms with E-state index < -0.39 is 0 Å². The molecular weight excluding hydrogens is 256 g/mol. The summed E-state index contributed by atoms with van der Waals surface area (Å²) < 4.78 is 6.03. The van der Waals surface area contributed by atoms with Gasteiger partial charge < -0.3 is 4.74 Å². The molecule has 0 aromatic heterocycles. The van der Waals surface area contributed by atoms with Crippen molar-refractivity contribution in [3.63, 3.8) is 0 Å². The van der Waals surface area contributed by atoms with Gasteiger partial charge in [0.05, 0.1) is 0 Å². The summed E-state index contributed by atoms with van der Waals surface area (Å²) in [5.41, 5.74) is 4.14. The van der Waals surface area contributed by atoms with E-state index in [2.05, 4.69) is 62.4 Å². The van der Waals surface area contributed by atoms with Crippen LogP contribution < -0.4 is 4.74 Å². The maximum Gasteiger partial charge on any atom is 0.123 e. The third kappa shape index (κ3) is 3.12. The third-order valence-corrected chi connectivity index (χ3v) is 4.38. The van der Waals surface area contributed by atoms with Crippen LogP contribution in [0.25, 0.3) is 0 Å². The van der Waals surface area contributed by atoms with Gasteiger partial charge in [-0.3, -0.25) is 0 Å². The van der Waals surface area contributed by atoms with Crippen LogP contribution >= 0.6 is 0 Å². The molecule has 1 aliphatic rings. The van der Waals surface area contributed by atoms with Crippen LogP contribution in [0.15, 0.2) is 48.5 Å². The second-order valence-electron chi connectivity index (χ2n) is 6.40. The number of fused-ring (bicyclic) bond motifs is 2. The van der Waals surface area contributed by atoms with Gasteiger partial charge in [-0.2, -0.15) is 0 Å². The summed E-state index contributed by atoms with van der Waals surface area (Å²) in [5, 5.41) is 0. The van der Waals surface area contributed by atoms with Crippen LogP contribution in [0, 0.1) is 5.92 Å². The van der Waals surface area contributed by atoms with Crippen LogP contribution in [0.3, 0.4) is 0 Å². The van der Waals surface area contributed by atoms with Crippen LogP contribution in [-0.4, -0.2) is 0 Å². The lowest BCUT2D eigenvalue weighted by Gasteiger charge is -2.19. The highest BCUT2D eigenvalue weighted by molar-refractivity contribution is 5.46. The number of benzene rings is 2. The lowest BCUT2D eigenvalue weighted by molar-refractivity contribution is 0.306. The SMILES string of the molecule is CC(C)CCCC1c2ccccc2COc2ccccc21. The number of hydrogen-bond donors (Lipinski definition) is 0. The lowest BCUT2D eigenvalue weighted by Crippen LogP contribution is -2.03. The maximum absolute atomic E-state index is 6.03. The van der Waals surface area contributed by atoms with E-state index >= 15 is 0 Å². The van der Waals surface area contributed by atoms with Crippen molar-refractivity contribution < 1.29 is 4.74 Å². The van der Waals surface area contributed by atoms with Gasteiger partial charge in [-0.25, -0.2) is 0 Å². The minimum absolute atomic E-state index is 0.471. The van der Waals surface area contributed by atoms with E-state index in [0.717, 1.165) is 11.7 Å². The minimum Gasteiger partial charge on any atom is -0.489 e. The average molecular weight is 280 g/mol. The van der Waals surface area contributed by atoms with E-state index in [-0.39, 0.29) is 0 Å². The Labute approximate surface area is 128 Å². The Balaban J connectivity index is 1.95. The van der Waals surface area contributed by atoms with Crippen LogP contribution in [0.2, 0.25) is 0 Å². The second-order valence-corrected chi connectivity index (χ2v) is 6.40. The fraction of sp³-hybridized carbons (Fsp3) is 0.400. The molecule has 0 saturated carbocycles. The Kier molecular flexibility index (Phi) is 4.28. The Morgan fingerprint density at radius 1 is 1.00 bits per heavy atom. The first kappa shape index (κ1) is 14.2. The zero-order chi connectivity index (χ0) is 14.7. The Hall–Kier alpha value is -1.76. The highest BCUT2D eigenvalue weighted by atomic mass is 16.5. The Bertz CT molecular complexity index is 553. The molecule has 0 amide bonds. The molecule has 1 unspecified atom stereocenters. The first-order chi connectivity index (χ1) is 10.3. The van der Waals surface area contributed by atoms with Crippen LogP contribution in [-0.2, 0) is 6.61 Å². The fourth-order valence-corrected chi connectivity index (χ4v) is 3.27. The summed E-state index contributed by atoms with van der Waals surface area (Å²) >= 11 is 0. The summed E-state index contributed by atoms with van der Waals surface area (Å²) in [6, 6.07) is 17.3. The molecule has 0 N–H and O–H groups in total. The normalized spacial score (nSPS) is 16.8. The van der Waals surface area contributed by atoms with Crippen molar-refractivity contribution in [2.45, 2.75) is 45.6 Å². The number of para-hydroxylation sites is 1. The van der Waals surface area contributed by atoms with E-state index in [1.54, 1.807) is 0 Å². The van der Waals surface area contributed by atoms with Crippen molar-refractivity contribution in [2.24, 2.45) is 5.92 Å². The predicted octanol–water partition coefficient (Wildman–Crippen LogP) is 5.54. The molecule has 1 aliphatic heterocycles. The highest BCUT2D eigenvalue weighted by Crippen LogP contribution is 2.40. The van der Waals surface area contributed by atoms with Gasteiger partial charge in [-0.15, -0.1) is 0 Å². The van der Waals surface area contributed by atoms with Crippen molar-refractivity contribution in [1.29, 1.82) is 0 Å². The molecule has 1 nitrogen and oxygen atoms in total. The van der Waals surface area contributed by atoms with Gasteiger partial charge in [-0.05, 0) is 29.5 Å². The molecular formula is C20H24O. The maximum atomic E-state index is 6.03.